The molecule has 110 valence electrons. The van der Waals surface area contributed by atoms with E-state index in [9.17, 15) is 4.79 Å². The summed E-state index contributed by atoms with van der Waals surface area (Å²) in [7, 11) is 1.71. The molecule has 1 aromatic heterocycles. The van der Waals surface area contributed by atoms with E-state index >= 15 is 0 Å². The highest BCUT2D eigenvalue weighted by molar-refractivity contribution is 5.94. The number of carbonyl (C=O) groups excluding carboxylic acids is 1. The van der Waals surface area contributed by atoms with Gasteiger partial charge >= 0.3 is 0 Å². The Hall–Kier alpha value is -1.62. The van der Waals surface area contributed by atoms with Gasteiger partial charge in [0.05, 0.1) is 5.56 Å². The van der Waals surface area contributed by atoms with Gasteiger partial charge in [-0.1, -0.05) is 0 Å². The van der Waals surface area contributed by atoms with Gasteiger partial charge in [0.2, 0.25) is 0 Å². The maximum atomic E-state index is 12.1. The smallest absolute Gasteiger partial charge is 0.252 e. The van der Waals surface area contributed by atoms with Gasteiger partial charge < -0.3 is 15.4 Å². The zero-order chi connectivity index (χ0) is 14.4. The summed E-state index contributed by atoms with van der Waals surface area (Å²) < 4.78 is 5.12. The van der Waals surface area contributed by atoms with Crippen molar-refractivity contribution in [2.75, 3.05) is 32.1 Å². The highest BCUT2D eigenvalue weighted by Crippen LogP contribution is 2.48. The summed E-state index contributed by atoms with van der Waals surface area (Å²) in [6.45, 7) is 4.32. The van der Waals surface area contributed by atoms with E-state index in [1.165, 1.54) is 12.8 Å². The molecule has 1 fully saturated rings. The van der Waals surface area contributed by atoms with Gasteiger partial charge in [0.1, 0.15) is 5.82 Å². The molecule has 0 atom stereocenters. The molecule has 2 N–H and O–H groups in total. The fourth-order valence-electron chi connectivity index (χ4n) is 2.19. The second-order valence-corrected chi connectivity index (χ2v) is 5.39. The van der Waals surface area contributed by atoms with E-state index in [2.05, 4.69) is 15.6 Å². The van der Waals surface area contributed by atoms with Crippen LogP contribution in [0.1, 0.15) is 36.5 Å². The van der Waals surface area contributed by atoms with Crippen LogP contribution < -0.4 is 10.6 Å². The van der Waals surface area contributed by atoms with E-state index in [1.54, 1.807) is 19.4 Å². The van der Waals surface area contributed by atoms with Gasteiger partial charge in [0.25, 0.3) is 5.91 Å². The molecule has 0 aliphatic heterocycles. The Morgan fingerprint density at radius 2 is 2.25 bits per heavy atom. The number of carbonyl (C=O) groups is 1. The van der Waals surface area contributed by atoms with Crippen molar-refractivity contribution in [1.29, 1.82) is 0 Å². The van der Waals surface area contributed by atoms with Crippen LogP contribution in [0, 0.1) is 5.41 Å². The quantitative estimate of drug-likeness (QED) is 0.763. The predicted molar refractivity (Wildman–Crippen MR) is 78.9 cm³/mol. The maximum absolute atomic E-state index is 12.1. The lowest BCUT2D eigenvalue weighted by Crippen LogP contribution is -2.30. The standard InChI is InChI=1S/C15H23N3O2/c1-3-16-13-5-4-12(10-17-13)14(19)18-11-15(6-7-15)8-9-20-2/h4-5,10H,3,6-9,11H2,1-2H3,(H,16,17)(H,18,19). The number of pyridine rings is 1. The van der Waals surface area contributed by atoms with Gasteiger partial charge in [0, 0.05) is 33.0 Å². The van der Waals surface area contributed by atoms with Gasteiger partial charge in [-0.2, -0.15) is 0 Å². The largest absolute Gasteiger partial charge is 0.385 e. The minimum absolute atomic E-state index is 0.0516. The first kappa shape index (κ1) is 14.8. The minimum atomic E-state index is -0.0516. The van der Waals surface area contributed by atoms with Crippen molar-refractivity contribution in [3.05, 3.63) is 23.9 Å². The molecule has 1 heterocycles. The molecule has 5 heteroatoms. The number of methoxy groups -OCH3 is 1. The van der Waals surface area contributed by atoms with E-state index in [-0.39, 0.29) is 11.3 Å². The Labute approximate surface area is 120 Å². The number of nitrogens with one attached hydrogen (secondary N) is 2. The molecular weight excluding hydrogens is 254 g/mol. The first-order chi connectivity index (χ1) is 9.69. The van der Waals surface area contributed by atoms with Crippen molar-refractivity contribution in [3.8, 4) is 0 Å². The molecule has 0 bridgehead atoms. The molecule has 5 nitrogen and oxygen atoms in total. The number of hydrogen-bond acceptors (Lipinski definition) is 4. The van der Waals surface area contributed by atoms with Crippen molar-refractivity contribution < 1.29 is 9.53 Å². The zero-order valence-corrected chi connectivity index (χ0v) is 12.2. The lowest BCUT2D eigenvalue weighted by Gasteiger charge is -2.15. The third kappa shape index (κ3) is 3.93. The molecule has 0 unspecified atom stereocenters. The topological polar surface area (TPSA) is 63.2 Å². The molecule has 1 aromatic rings. The van der Waals surface area contributed by atoms with Crippen LogP contribution in [-0.4, -0.2) is 37.7 Å². The predicted octanol–water partition coefficient (Wildman–Crippen LogP) is 2.06. The molecular formula is C15H23N3O2. The summed E-state index contributed by atoms with van der Waals surface area (Å²) in [5.41, 5.74) is 0.872. The van der Waals surface area contributed by atoms with Crippen LogP contribution >= 0.6 is 0 Å². The number of rotatable bonds is 8. The van der Waals surface area contributed by atoms with Crippen molar-refractivity contribution in [1.82, 2.24) is 10.3 Å². The van der Waals surface area contributed by atoms with Crippen LogP contribution in [0.3, 0.4) is 0 Å². The first-order valence-electron chi connectivity index (χ1n) is 7.16. The normalized spacial score (nSPS) is 15.7. The van der Waals surface area contributed by atoms with Crippen molar-refractivity contribution in [3.63, 3.8) is 0 Å². The van der Waals surface area contributed by atoms with Crippen molar-refractivity contribution in [2.45, 2.75) is 26.2 Å². The fraction of sp³-hybridized carbons (Fsp3) is 0.600. The van der Waals surface area contributed by atoms with Crippen LogP contribution in [0.4, 0.5) is 5.82 Å². The van der Waals surface area contributed by atoms with Crippen LogP contribution in [0.25, 0.3) is 0 Å². The monoisotopic (exact) mass is 277 g/mol. The summed E-state index contributed by atoms with van der Waals surface area (Å²) in [4.78, 5) is 16.3. The van der Waals surface area contributed by atoms with Gasteiger partial charge in [0.15, 0.2) is 0 Å². The Bertz CT molecular complexity index is 441. The van der Waals surface area contributed by atoms with E-state index in [0.717, 1.165) is 31.9 Å². The van der Waals surface area contributed by atoms with E-state index < -0.39 is 0 Å². The minimum Gasteiger partial charge on any atom is -0.385 e. The van der Waals surface area contributed by atoms with Crippen molar-refractivity contribution in [2.24, 2.45) is 5.41 Å². The van der Waals surface area contributed by atoms with Crippen LogP contribution in [-0.2, 0) is 4.74 Å². The van der Waals surface area contributed by atoms with Crippen molar-refractivity contribution >= 4 is 11.7 Å². The zero-order valence-electron chi connectivity index (χ0n) is 12.2. The van der Waals surface area contributed by atoms with Crippen LogP contribution in [0.2, 0.25) is 0 Å². The first-order valence-corrected chi connectivity index (χ1v) is 7.16. The summed E-state index contributed by atoms with van der Waals surface area (Å²) >= 11 is 0. The van der Waals surface area contributed by atoms with Gasteiger partial charge in [-0.05, 0) is 43.7 Å². The Balaban J connectivity index is 1.82. The number of nitrogens with zero attached hydrogens (tertiary/aromatic N) is 1. The number of hydrogen-bond donors (Lipinski definition) is 2. The van der Waals surface area contributed by atoms with Crippen LogP contribution in [0.5, 0.6) is 0 Å². The summed E-state index contributed by atoms with van der Waals surface area (Å²) in [6.07, 6.45) is 4.98. The Morgan fingerprint density at radius 1 is 1.45 bits per heavy atom. The third-order valence-corrected chi connectivity index (χ3v) is 3.80. The second-order valence-electron chi connectivity index (χ2n) is 5.39. The second kappa shape index (κ2) is 6.70. The lowest BCUT2D eigenvalue weighted by molar-refractivity contribution is 0.0937. The molecule has 1 aliphatic carbocycles. The Kier molecular flexibility index (Phi) is 4.95. The van der Waals surface area contributed by atoms with Gasteiger partial charge in [-0.15, -0.1) is 0 Å². The summed E-state index contributed by atoms with van der Waals surface area (Å²) in [5.74, 6) is 0.743. The number of aromatic nitrogens is 1. The number of anilines is 1. The third-order valence-electron chi connectivity index (χ3n) is 3.80. The molecule has 0 saturated heterocycles. The van der Waals surface area contributed by atoms with Gasteiger partial charge in [-0.3, -0.25) is 4.79 Å². The molecule has 0 radical (unpaired) electrons. The summed E-state index contributed by atoms with van der Waals surface area (Å²) in [5, 5.41) is 6.11. The highest BCUT2D eigenvalue weighted by atomic mass is 16.5. The van der Waals surface area contributed by atoms with Crippen LogP contribution in [0.15, 0.2) is 18.3 Å². The molecule has 1 aliphatic rings. The molecule has 1 amide bonds. The highest BCUT2D eigenvalue weighted by Gasteiger charge is 2.42. The summed E-state index contributed by atoms with van der Waals surface area (Å²) in [6, 6.07) is 3.63. The molecule has 2 rings (SSSR count). The lowest BCUT2D eigenvalue weighted by atomic mass is 10.0. The fourth-order valence-corrected chi connectivity index (χ4v) is 2.19. The average Bonchev–Trinajstić information content (AvgIpc) is 3.24. The molecule has 1 saturated carbocycles. The van der Waals surface area contributed by atoms with Gasteiger partial charge in [-0.25, -0.2) is 4.98 Å². The van der Waals surface area contributed by atoms with E-state index in [4.69, 9.17) is 4.74 Å². The van der Waals surface area contributed by atoms with E-state index in [1.807, 2.05) is 13.0 Å². The molecule has 20 heavy (non-hydrogen) atoms. The molecule has 0 spiro atoms. The number of ether oxygens (including phenoxy) is 1. The SMILES string of the molecule is CCNc1ccc(C(=O)NCC2(CCOC)CC2)cn1. The number of amides is 1. The maximum Gasteiger partial charge on any atom is 0.252 e. The Morgan fingerprint density at radius 3 is 2.80 bits per heavy atom. The average molecular weight is 277 g/mol. The van der Waals surface area contributed by atoms with E-state index in [0.29, 0.717) is 5.56 Å². The molecule has 0 aromatic carbocycles.